The monoisotopic (exact) mass is 370 g/mol. The summed E-state index contributed by atoms with van der Waals surface area (Å²) in [6.07, 6.45) is 6.00. The fourth-order valence-corrected chi connectivity index (χ4v) is 4.05. The van der Waals surface area contributed by atoms with E-state index in [-0.39, 0.29) is 11.2 Å². The molecule has 2 aromatic rings. The third-order valence-corrected chi connectivity index (χ3v) is 5.80. The molecule has 2 aromatic heterocycles. The molecule has 136 valence electrons. The number of thioether (sulfide) groups is 1. The second-order valence-corrected chi connectivity index (χ2v) is 7.64. The molecule has 0 bridgehead atoms. The lowest BCUT2D eigenvalue weighted by Gasteiger charge is -2.15. The maximum atomic E-state index is 12.6. The number of carbonyl (C=O) groups is 1. The summed E-state index contributed by atoms with van der Waals surface area (Å²) in [5, 5.41) is 16.4. The van der Waals surface area contributed by atoms with Gasteiger partial charge in [0.2, 0.25) is 5.91 Å². The summed E-state index contributed by atoms with van der Waals surface area (Å²) in [7, 11) is 0. The Labute approximate surface area is 157 Å². The van der Waals surface area contributed by atoms with Crippen LogP contribution in [0.3, 0.4) is 0 Å². The van der Waals surface area contributed by atoms with Crippen LogP contribution in [0.15, 0.2) is 21.7 Å². The number of aromatic nitrogens is 2. The Bertz CT molecular complexity index is 841. The Morgan fingerprint density at radius 2 is 2.19 bits per heavy atom. The lowest BCUT2D eigenvalue weighted by atomic mass is 10.1. The largest absolute Gasteiger partial charge is 0.360 e. The number of aryl methyl sites for hydroxylation is 3. The van der Waals surface area contributed by atoms with Gasteiger partial charge in [-0.1, -0.05) is 30.3 Å². The van der Waals surface area contributed by atoms with Crippen LogP contribution >= 0.6 is 11.8 Å². The lowest BCUT2D eigenvalue weighted by molar-refractivity contribution is -0.115. The number of hydrogen-bond donors (Lipinski definition) is 1. The summed E-state index contributed by atoms with van der Waals surface area (Å²) < 4.78 is 4.98. The van der Waals surface area contributed by atoms with Gasteiger partial charge in [0.05, 0.1) is 10.8 Å². The minimum absolute atomic E-state index is 0.161. The summed E-state index contributed by atoms with van der Waals surface area (Å²) >= 11 is 1.35. The average Bonchev–Trinajstić information content (AvgIpc) is 2.91. The van der Waals surface area contributed by atoms with E-state index in [1.54, 1.807) is 13.0 Å². The number of nitriles is 1. The topological polar surface area (TPSA) is 91.8 Å². The van der Waals surface area contributed by atoms with Gasteiger partial charge in [0.1, 0.15) is 16.9 Å². The highest BCUT2D eigenvalue weighted by Crippen LogP contribution is 2.31. The van der Waals surface area contributed by atoms with Crippen molar-refractivity contribution in [3.63, 3.8) is 0 Å². The molecule has 0 radical (unpaired) electrons. The van der Waals surface area contributed by atoms with Crippen molar-refractivity contribution in [2.24, 2.45) is 0 Å². The third-order valence-electron chi connectivity index (χ3n) is 4.43. The van der Waals surface area contributed by atoms with E-state index in [1.165, 1.54) is 23.7 Å². The quantitative estimate of drug-likeness (QED) is 0.631. The Kier molecular flexibility index (Phi) is 5.94. The van der Waals surface area contributed by atoms with Crippen LogP contribution in [-0.4, -0.2) is 21.3 Å². The molecule has 3 rings (SSSR count). The summed E-state index contributed by atoms with van der Waals surface area (Å²) in [6, 6.07) is 5.88. The summed E-state index contributed by atoms with van der Waals surface area (Å²) in [6.45, 7) is 3.72. The summed E-state index contributed by atoms with van der Waals surface area (Å²) in [4.78, 5) is 17.3. The number of rotatable bonds is 5. The fourth-order valence-electron chi connectivity index (χ4n) is 3.05. The van der Waals surface area contributed by atoms with Gasteiger partial charge >= 0.3 is 0 Å². The van der Waals surface area contributed by atoms with E-state index in [0.29, 0.717) is 28.6 Å². The normalized spacial score (nSPS) is 14.8. The van der Waals surface area contributed by atoms with Gasteiger partial charge in [0.25, 0.3) is 0 Å². The van der Waals surface area contributed by atoms with E-state index >= 15 is 0 Å². The second kappa shape index (κ2) is 8.37. The standard InChI is InChI=1S/C19H22N4O2S/c1-3-16(18(24)22-17-9-12(2)25-23-17)26-19-14(11-20)10-13-7-5-4-6-8-15(13)21-19/h9-10,16H,3-8H2,1-2H3,(H,22,23,24). The predicted octanol–water partition coefficient (Wildman–Crippen LogP) is 4.03. The highest BCUT2D eigenvalue weighted by Gasteiger charge is 2.23. The Balaban J connectivity index is 1.80. The van der Waals surface area contributed by atoms with Gasteiger partial charge in [0.15, 0.2) is 5.82 Å². The first kappa shape index (κ1) is 18.5. The Morgan fingerprint density at radius 1 is 1.38 bits per heavy atom. The molecular formula is C19H22N4O2S. The van der Waals surface area contributed by atoms with E-state index < -0.39 is 0 Å². The highest BCUT2D eigenvalue weighted by molar-refractivity contribution is 8.00. The molecule has 0 saturated carbocycles. The fraction of sp³-hybridized carbons (Fsp3) is 0.474. The molecule has 1 amide bonds. The Hall–Kier alpha value is -2.33. The summed E-state index contributed by atoms with van der Waals surface area (Å²) in [5.41, 5.74) is 2.81. The van der Waals surface area contributed by atoms with Gasteiger partial charge in [-0.05, 0) is 50.7 Å². The van der Waals surface area contributed by atoms with Crippen molar-refractivity contribution in [2.45, 2.75) is 62.6 Å². The minimum Gasteiger partial charge on any atom is -0.360 e. The van der Waals surface area contributed by atoms with Crippen LogP contribution in [0.2, 0.25) is 0 Å². The molecule has 0 aliphatic heterocycles. The van der Waals surface area contributed by atoms with Gasteiger partial charge < -0.3 is 9.84 Å². The van der Waals surface area contributed by atoms with Gasteiger partial charge in [-0.15, -0.1) is 0 Å². The molecule has 0 saturated heterocycles. The van der Waals surface area contributed by atoms with Crippen LogP contribution in [0.5, 0.6) is 0 Å². The van der Waals surface area contributed by atoms with Crippen molar-refractivity contribution in [3.05, 3.63) is 34.7 Å². The molecule has 2 heterocycles. The number of pyridine rings is 1. The number of nitrogens with zero attached hydrogens (tertiary/aromatic N) is 3. The molecule has 0 aromatic carbocycles. The van der Waals surface area contributed by atoms with Crippen molar-refractivity contribution >= 4 is 23.5 Å². The van der Waals surface area contributed by atoms with Crippen molar-refractivity contribution in [1.82, 2.24) is 10.1 Å². The minimum atomic E-state index is -0.351. The molecule has 0 spiro atoms. The number of hydrogen-bond acceptors (Lipinski definition) is 6. The summed E-state index contributed by atoms with van der Waals surface area (Å²) in [5.74, 6) is 0.883. The maximum Gasteiger partial charge on any atom is 0.239 e. The average molecular weight is 370 g/mol. The van der Waals surface area contributed by atoms with Gasteiger partial charge in [-0.3, -0.25) is 4.79 Å². The zero-order valence-electron chi connectivity index (χ0n) is 15.0. The number of carbonyl (C=O) groups excluding carboxylic acids is 1. The number of nitrogens with one attached hydrogen (secondary N) is 1. The van der Waals surface area contributed by atoms with E-state index in [1.807, 2.05) is 13.0 Å². The molecule has 1 atom stereocenters. The molecule has 0 fully saturated rings. The van der Waals surface area contributed by atoms with Gasteiger partial charge in [-0.2, -0.15) is 5.26 Å². The van der Waals surface area contributed by atoms with Crippen LogP contribution in [0.4, 0.5) is 5.82 Å². The lowest BCUT2D eigenvalue weighted by Crippen LogP contribution is -2.25. The van der Waals surface area contributed by atoms with Crippen molar-refractivity contribution < 1.29 is 9.32 Å². The molecule has 6 nitrogen and oxygen atoms in total. The molecule has 26 heavy (non-hydrogen) atoms. The van der Waals surface area contributed by atoms with Crippen LogP contribution < -0.4 is 5.32 Å². The number of amides is 1. The van der Waals surface area contributed by atoms with E-state index in [4.69, 9.17) is 9.51 Å². The zero-order chi connectivity index (χ0) is 18.5. The maximum absolute atomic E-state index is 12.6. The third kappa shape index (κ3) is 4.25. The number of anilines is 1. The highest BCUT2D eigenvalue weighted by atomic mass is 32.2. The molecule has 1 aliphatic carbocycles. The first-order chi connectivity index (χ1) is 12.6. The van der Waals surface area contributed by atoms with Gasteiger partial charge in [-0.25, -0.2) is 4.98 Å². The van der Waals surface area contributed by atoms with Crippen LogP contribution in [-0.2, 0) is 17.6 Å². The number of fused-ring (bicyclic) bond motifs is 1. The molecule has 1 N–H and O–H groups in total. The smallest absolute Gasteiger partial charge is 0.239 e. The first-order valence-corrected chi connectivity index (χ1v) is 9.82. The molecular weight excluding hydrogens is 348 g/mol. The second-order valence-electron chi connectivity index (χ2n) is 6.45. The SMILES string of the molecule is CCC(Sc1nc2c(cc1C#N)CCCCC2)C(=O)Nc1cc(C)on1. The predicted molar refractivity (Wildman–Crippen MR) is 100 cm³/mol. The molecule has 1 aliphatic rings. The first-order valence-electron chi connectivity index (χ1n) is 8.94. The molecule has 7 heteroatoms. The van der Waals surface area contributed by atoms with Gasteiger partial charge in [0, 0.05) is 11.8 Å². The molecule has 1 unspecified atom stereocenters. The van der Waals surface area contributed by atoms with E-state index in [9.17, 15) is 10.1 Å². The van der Waals surface area contributed by atoms with E-state index in [2.05, 4.69) is 16.5 Å². The van der Waals surface area contributed by atoms with Crippen molar-refractivity contribution in [2.75, 3.05) is 5.32 Å². The Morgan fingerprint density at radius 3 is 2.88 bits per heavy atom. The van der Waals surface area contributed by atoms with Crippen molar-refractivity contribution in [1.29, 1.82) is 5.26 Å². The van der Waals surface area contributed by atoms with E-state index in [0.717, 1.165) is 31.4 Å². The van der Waals surface area contributed by atoms with Crippen LogP contribution in [0.25, 0.3) is 0 Å². The zero-order valence-corrected chi connectivity index (χ0v) is 15.9. The van der Waals surface area contributed by atoms with Crippen molar-refractivity contribution in [3.8, 4) is 6.07 Å². The van der Waals surface area contributed by atoms with Crippen LogP contribution in [0.1, 0.15) is 55.2 Å². The van der Waals surface area contributed by atoms with Crippen LogP contribution in [0, 0.1) is 18.3 Å².